The highest BCUT2D eigenvalue weighted by Gasteiger charge is 2.21. The highest BCUT2D eigenvalue weighted by atomic mass is 32.2. The Bertz CT molecular complexity index is 1180. The molecule has 1 atom stereocenters. The van der Waals surface area contributed by atoms with Gasteiger partial charge < -0.3 is 5.32 Å². The molecule has 1 N–H and O–H groups in total. The van der Waals surface area contributed by atoms with Crippen LogP contribution in [-0.2, 0) is 11.8 Å². The van der Waals surface area contributed by atoms with Gasteiger partial charge in [-0.3, -0.25) is 9.48 Å². The smallest absolute Gasteiger partial charge is 0.237 e. The number of anilines is 1. The molecule has 4 aromatic rings. The third-order valence-corrected chi connectivity index (χ3v) is 6.69. The Kier molecular flexibility index (Phi) is 5.38. The normalized spacial score (nSPS) is 12.3. The van der Waals surface area contributed by atoms with Crippen LogP contribution in [0, 0.1) is 13.8 Å². The number of nitrogens with one attached hydrogen (secondary N) is 1. The SMILES string of the molecule is Cc1nn(C)c(C)c1NC(=O)C(C)Sc1nc(-c2cccs2)nc2ccccc12. The molecule has 1 amide bonds. The number of aryl methyl sites for hydroxylation is 2. The fourth-order valence-corrected chi connectivity index (χ4v) is 4.65. The lowest BCUT2D eigenvalue weighted by molar-refractivity contribution is -0.115. The van der Waals surface area contributed by atoms with Crippen LogP contribution in [0.5, 0.6) is 0 Å². The zero-order valence-electron chi connectivity index (χ0n) is 16.6. The van der Waals surface area contributed by atoms with Crippen molar-refractivity contribution in [3.8, 4) is 10.7 Å². The fourth-order valence-electron chi connectivity index (χ4n) is 3.05. The number of carbonyl (C=O) groups excluding carboxylic acids is 1. The van der Waals surface area contributed by atoms with Crippen LogP contribution in [0.25, 0.3) is 21.6 Å². The van der Waals surface area contributed by atoms with Gasteiger partial charge in [0.05, 0.1) is 32.7 Å². The topological polar surface area (TPSA) is 72.7 Å². The van der Waals surface area contributed by atoms with Crippen molar-refractivity contribution in [1.82, 2.24) is 19.7 Å². The van der Waals surface area contributed by atoms with Crippen molar-refractivity contribution in [2.75, 3.05) is 5.32 Å². The molecule has 1 aromatic carbocycles. The van der Waals surface area contributed by atoms with Gasteiger partial charge in [0.25, 0.3) is 0 Å². The first-order valence-electron chi connectivity index (χ1n) is 9.22. The highest BCUT2D eigenvalue weighted by molar-refractivity contribution is 8.00. The summed E-state index contributed by atoms with van der Waals surface area (Å²) in [6.07, 6.45) is 0. The van der Waals surface area contributed by atoms with Gasteiger partial charge in [-0.2, -0.15) is 5.10 Å². The summed E-state index contributed by atoms with van der Waals surface area (Å²) < 4.78 is 1.77. The van der Waals surface area contributed by atoms with Crippen molar-refractivity contribution in [1.29, 1.82) is 0 Å². The second kappa shape index (κ2) is 7.96. The van der Waals surface area contributed by atoms with Gasteiger partial charge in [0, 0.05) is 12.4 Å². The zero-order chi connectivity index (χ0) is 20.5. The van der Waals surface area contributed by atoms with E-state index in [1.165, 1.54) is 11.8 Å². The lowest BCUT2D eigenvalue weighted by Gasteiger charge is -2.14. The van der Waals surface area contributed by atoms with Gasteiger partial charge in [-0.15, -0.1) is 11.3 Å². The second-order valence-electron chi connectivity index (χ2n) is 6.77. The predicted molar refractivity (Wildman–Crippen MR) is 119 cm³/mol. The van der Waals surface area contributed by atoms with E-state index >= 15 is 0 Å². The van der Waals surface area contributed by atoms with E-state index in [4.69, 9.17) is 9.97 Å². The van der Waals surface area contributed by atoms with Crippen LogP contribution in [0.15, 0.2) is 46.8 Å². The summed E-state index contributed by atoms with van der Waals surface area (Å²) in [6.45, 7) is 5.73. The number of nitrogens with zero attached hydrogens (tertiary/aromatic N) is 4. The number of thiophene rings is 1. The molecule has 0 aliphatic carbocycles. The maximum atomic E-state index is 12.9. The Morgan fingerprint density at radius 2 is 1.97 bits per heavy atom. The summed E-state index contributed by atoms with van der Waals surface area (Å²) in [5.74, 6) is 0.613. The van der Waals surface area contributed by atoms with Crippen LogP contribution >= 0.6 is 23.1 Å². The summed E-state index contributed by atoms with van der Waals surface area (Å²) in [6, 6.07) is 11.9. The molecule has 6 nitrogen and oxygen atoms in total. The highest BCUT2D eigenvalue weighted by Crippen LogP contribution is 2.32. The van der Waals surface area contributed by atoms with Gasteiger partial charge in [0.1, 0.15) is 5.03 Å². The lowest BCUT2D eigenvalue weighted by atomic mass is 10.2. The van der Waals surface area contributed by atoms with E-state index in [1.54, 1.807) is 16.0 Å². The second-order valence-corrected chi connectivity index (χ2v) is 9.04. The summed E-state index contributed by atoms with van der Waals surface area (Å²) >= 11 is 3.05. The number of hydrogen-bond donors (Lipinski definition) is 1. The van der Waals surface area contributed by atoms with E-state index in [0.717, 1.165) is 37.9 Å². The number of amides is 1. The number of para-hydroxylation sites is 1. The van der Waals surface area contributed by atoms with Crippen LogP contribution in [0.1, 0.15) is 18.3 Å². The number of thioether (sulfide) groups is 1. The first kappa shape index (κ1) is 19.6. The van der Waals surface area contributed by atoms with E-state index in [9.17, 15) is 4.79 Å². The summed E-state index contributed by atoms with van der Waals surface area (Å²) in [7, 11) is 1.87. The lowest BCUT2D eigenvalue weighted by Crippen LogP contribution is -2.23. The Morgan fingerprint density at radius 3 is 2.66 bits per heavy atom. The molecule has 0 saturated heterocycles. The van der Waals surface area contributed by atoms with Gasteiger partial charge >= 0.3 is 0 Å². The first-order valence-corrected chi connectivity index (χ1v) is 11.0. The third-order valence-electron chi connectivity index (χ3n) is 4.72. The summed E-state index contributed by atoms with van der Waals surface area (Å²) in [4.78, 5) is 23.4. The minimum absolute atomic E-state index is 0.0745. The summed E-state index contributed by atoms with van der Waals surface area (Å²) in [5.41, 5.74) is 3.39. The van der Waals surface area contributed by atoms with Crippen LogP contribution in [0.4, 0.5) is 5.69 Å². The maximum absolute atomic E-state index is 12.9. The first-order chi connectivity index (χ1) is 13.9. The molecular formula is C21H21N5OS2. The number of hydrogen-bond acceptors (Lipinski definition) is 6. The summed E-state index contributed by atoms with van der Waals surface area (Å²) in [5, 5.41) is 10.8. The van der Waals surface area contributed by atoms with Crippen molar-refractivity contribution >= 4 is 45.6 Å². The molecule has 148 valence electrons. The Labute approximate surface area is 177 Å². The molecule has 0 aliphatic rings. The van der Waals surface area contributed by atoms with Crippen molar-refractivity contribution in [3.63, 3.8) is 0 Å². The van der Waals surface area contributed by atoms with Crippen LogP contribution in [0.2, 0.25) is 0 Å². The van der Waals surface area contributed by atoms with E-state index in [1.807, 2.05) is 69.6 Å². The van der Waals surface area contributed by atoms with Gasteiger partial charge in [-0.1, -0.05) is 36.0 Å². The maximum Gasteiger partial charge on any atom is 0.237 e. The molecule has 8 heteroatoms. The number of benzene rings is 1. The fraction of sp³-hybridized carbons (Fsp3) is 0.238. The number of carbonyl (C=O) groups is 1. The van der Waals surface area contributed by atoms with Crippen molar-refractivity contribution in [3.05, 3.63) is 53.2 Å². The average molecular weight is 424 g/mol. The van der Waals surface area contributed by atoms with Gasteiger partial charge in [0.15, 0.2) is 5.82 Å². The van der Waals surface area contributed by atoms with Crippen molar-refractivity contribution in [2.24, 2.45) is 7.05 Å². The van der Waals surface area contributed by atoms with Gasteiger partial charge in [-0.25, -0.2) is 9.97 Å². The molecular weight excluding hydrogens is 402 g/mol. The minimum atomic E-state index is -0.330. The molecule has 0 fully saturated rings. The molecule has 3 aromatic heterocycles. The number of aromatic nitrogens is 4. The largest absolute Gasteiger partial charge is 0.322 e. The molecule has 4 rings (SSSR count). The molecule has 3 heterocycles. The van der Waals surface area contributed by atoms with Crippen LogP contribution in [-0.4, -0.2) is 30.9 Å². The molecule has 0 aliphatic heterocycles. The van der Waals surface area contributed by atoms with Crippen molar-refractivity contribution < 1.29 is 4.79 Å². The van der Waals surface area contributed by atoms with Gasteiger partial charge in [-0.05, 0) is 38.3 Å². The third kappa shape index (κ3) is 3.90. The average Bonchev–Trinajstić information content (AvgIpc) is 3.32. The zero-order valence-corrected chi connectivity index (χ0v) is 18.3. The molecule has 29 heavy (non-hydrogen) atoms. The van der Waals surface area contributed by atoms with E-state index in [0.29, 0.717) is 5.82 Å². The Balaban J connectivity index is 1.63. The van der Waals surface area contributed by atoms with E-state index < -0.39 is 0 Å². The molecule has 0 radical (unpaired) electrons. The monoisotopic (exact) mass is 423 g/mol. The van der Waals surface area contributed by atoms with Crippen molar-refractivity contribution in [2.45, 2.75) is 31.0 Å². The molecule has 0 saturated carbocycles. The molecule has 0 bridgehead atoms. The number of fused-ring (bicyclic) bond motifs is 1. The van der Waals surface area contributed by atoms with Gasteiger partial charge in [0.2, 0.25) is 5.91 Å². The van der Waals surface area contributed by atoms with Crippen LogP contribution < -0.4 is 5.32 Å². The number of rotatable bonds is 5. The van der Waals surface area contributed by atoms with E-state index in [-0.39, 0.29) is 11.2 Å². The van der Waals surface area contributed by atoms with Crippen LogP contribution in [0.3, 0.4) is 0 Å². The quantitative estimate of drug-likeness (QED) is 0.368. The minimum Gasteiger partial charge on any atom is -0.322 e. The molecule has 0 spiro atoms. The predicted octanol–water partition coefficient (Wildman–Crippen LogP) is 4.83. The van der Waals surface area contributed by atoms with E-state index in [2.05, 4.69) is 10.4 Å². The molecule has 1 unspecified atom stereocenters. The Morgan fingerprint density at radius 1 is 1.17 bits per heavy atom. The standard InChI is InChI=1S/C21H21N5OS2/c1-12-18(13(2)26(4)25-12)23-20(27)14(3)29-21-15-8-5-6-9-16(15)22-19(24-21)17-10-7-11-28-17/h5-11,14H,1-4H3,(H,23,27). The Hall–Kier alpha value is -2.71.